The fourth-order valence-electron chi connectivity index (χ4n) is 3.78. The van der Waals surface area contributed by atoms with Crippen LogP contribution in [-0.2, 0) is 17.9 Å². The van der Waals surface area contributed by atoms with E-state index in [0.717, 1.165) is 0 Å². The molecule has 0 unspecified atom stereocenters. The standard InChI is InChI=1S/C28H21FN2O4/c29-23-8-2-1-6-21(23)18-31-24-9-3-4-10-25(24)35-26(28(31)33)16-19-11-13-20(14-12-19)27(32)30-17-22-7-5-15-34-22/h1-16H,17-18H2,(H,30,32). The molecular formula is C28H21FN2O4. The number of para-hydroxylation sites is 2. The van der Waals surface area contributed by atoms with E-state index in [0.29, 0.717) is 33.9 Å². The first-order valence-electron chi connectivity index (χ1n) is 11.0. The van der Waals surface area contributed by atoms with Gasteiger partial charge in [0.15, 0.2) is 11.5 Å². The largest absolute Gasteiger partial charge is 0.467 e. The van der Waals surface area contributed by atoms with E-state index in [1.165, 1.54) is 11.0 Å². The predicted molar refractivity (Wildman–Crippen MR) is 129 cm³/mol. The van der Waals surface area contributed by atoms with Gasteiger partial charge in [0, 0.05) is 11.1 Å². The molecule has 3 aromatic carbocycles. The first-order valence-corrected chi connectivity index (χ1v) is 11.0. The maximum atomic E-state index is 14.3. The Morgan fingerprint density at radius 1 is 0.943 bits per heavy atom. The van der Waals surface area contributed by atoms with Gasteiger partial charge in [0.25, 0.3) is 11.8 Å². The summed E-state index contributed by atoms with van der Waals surface area (Å²) in [6.07, 6.45) is 3.16. The Labute approximate surface area is 201 Å². The number of nitrogens with one attached hydrogen (secondary N) is 1. The van der Waals surface area contributed by atoms with Crippen LogP contribution in [0, 0.1) is 5.82 Å². The van der Waals surface area contributed by atoms with Gasteiger partial charge in [-0.05, 0) is 54.1 Å². The summed E-state index contributed by atoms with van der Waals surface area (Å²) in [5, 5.41) is 2.79. The molecule has 0 atom stereocenters. The monoisotopic (exact) mass is 468 g/mol. The number of halogens is 1. The van der Waals surface area contributed by atoms with Crippen molar-refractivity contribution in [1.29, 1.82) is 0 Å². The van der Waals surface area contributed by atoms with Crippen molar-refractivity contribution in [3.8, 4) is 5.75 Å². The number of hydrogen-bond donors (Lipinski definition) is 1. The number of hydrogen-bond acceptors (Lipinski definition) is 4. The molecular weight excluding hydrogens is 447 g/mol. The minimum absolute atomic E-state index is 0.0675. The first kappa shape index (κ1) is 22.2. The zero-order valence-electron chi connectivity index (χ0n) is 18.6. The predicted octanol–water partition coefficient (Wildman–Crippen LogP) is 5.32. The van der Waals surface area contributed by atoms with Gasteiger partial charge in [-0.3, -0.25) is 14.5 Å². The van der Waals surface area contributed by atoms with E-state index in [1.807, 2.05) is 6.07 Å². The average Bonchev–Trinajstić information content (AvgIpc) is 3.40. The summed E-state index contributed by atoms with van der Waals surface area (Å²) in [5.74, 6) is 0.269. The number of ether oxygens (including phenoxy) is 1. The molecule has 0 fully saturated rings. The summed E-state index contributed by atoms with van der Waals surface area (Å²) in [5.41, 5.74) is 2.13. The van der Waals surface area contributed by atoms with E-state index in [9.17, 15) is 14.0 Å². The van der Waals surface area contributed by atoms with E-state index in [4.69, 9.17) is 9.15 Å². The topological polar surface area (TPSA) is 71.8 Å². The second-order valence-corrected chi connectivity index (χ2v) is 7.95. The smallest absolute Gasteiger partial charge is 0.294 e. The number of rotatable bonds is 6. The van der Waals surface area contributed by atoms with Gasteiger partial charge in [0.1, 0.15) is 11.6 Å². The molecule has 0 saturated carbocycles. The summed E-state index contributed by atoms with van der Waals surface area (Å²) in [4.78, 5) is 27.2. The molecule has 5 rings (SSSR count). The maximum Gasteiger partial charge on any atom is 0.294 e. The molecule has 1 aliphatic heterocycles. The zero-order valence-corrected chi connectivity index (χ0v) is 18.6. The van der Waals surface area contributed by atoms with Crippen molar-refractivity contribution in [2.24, 2.45) is 0 Å². The highest BCUT2D eigenvalue weighted by atomic mass is 19.1. The van der Waals surface area contributed by atoms with Crippen LogP contribution < -0.4 is 15.0 Å². The van der Waals surface area contributed by atoms with E-state index in [2.05, 4.69) is 5.32 Å². The molecule has 7 heteroatoms. The highest BCUT2D eigenvalue weighted by Crippen LogP contribution is 2.36. The molecule has 0 bridgehead atoms. The van der Waals surface area contributed by atoms with Gasteiger partial charge in [-0.2, -0.15) is 0 Å². The van der Waals surface area contributed by atoms with Crippen LogP contribution in [0.25, 0.3) is 6.08 Å². The summed E-state index contributed by atoms with van der Waals surface area (Å²) in [6.45, 7) is 0.356. The number of carbonyl (C=O) groups is 2. The summed E-state index contributed by atoms with van der Waals surface area (Å²) < 4.78 is 25.4. The lowest BCUT2D eigenvalue weighted by Gasteiger charge is -2.30. The van der Waals surface area contributed by atoms with Crippen molar-refractivity contribution >= 4 is 23.6 Å². The molecule has 2 heterocycles. The molecule has 0 saturated heterocycles. The van der Waals surface area contributed by atoms with Crippen molar-refractivity contribution < 1.29 is 23.1 Å². The molecule has 0 radical (unpaired) electrons. The van der Waals surface area contributed by atoms with Gasteiger partial charge in [-0.25, -0.2) is 4.39 Å². The second kappa shape index (κ2) is 9.69. The Morgan fingerprint density at radius 2 is 1.71 bits per heavy atom. The third kappa shape index (κ3) is 4.84. The van der Waals surface area contributed by atoms with Gasteiger partial charge in [0.05, 0.1) is 25.0 Å². The van der Waals surface area contributed by atoms with Crippen molar-refractivity contribution in [1.82, 2.24) is 5.32 Å². The molecule has 0 aliphatic carbocycles. The van der Waals surface area contributed by atoms with Gasteiger partial charge >= 0.3 is 0 Å². The molecule has 6 nitrogen and oxygen atoms in total. The van der Waals surface area contributed by atoms with Crippen molar-refractivity contribution in [2.45, 2.75) is 13.1 Å². The highest BCUT2D eigenvalue weighted by molar-refractivity contribution is 6.09. The number of fused-ring (bicyclic) bond motifs is 1. The van der Waals surface area contributed by atoms with Crippen LogP contribution in [0.3, 0.4) is 0 Å². The first-order chi connectivity index (χ1) is 17.1. The third-order valence-electron chi connectivity index (χ3n) is 5.59. The molecule has 0 spiro atoms. The molecule has 35 heavy (non-hydrogen) atoms. The maximum absolute atomic E-state index is 14.3. The Hall–Kier alpha value is -4.65. The molecule has 1 aliphatic rings. The molecule has 4 aromatic rings. The summed E-state index contributed by atoms with van der Waals surface area (Å²) in [6, 6.07) is 23.8. The minimum atomic E-state index is -0.382. The highest BCUT2D eigenvalue weighted by Gasteiger charge is 2.30. The second-order valence-electron chi connectivity index (χ2n) is 7.95. The SMILES string of the molecule is O=C(NCc1ccco1)c1ccc(C=C2Oc3ccccc3N(Cc3ccccc3F)C2=O)cc1. The van der Waals surface area contributed by atoms with Gasteiger partial charge < -0.3 is 14.5 Å². The third-order valence-corrected chi connectivity index (χ3v) is 5.59. The quantitative estimate of drug-likeness (QED) is 0.389. The van der Waals surface area contributed by atoms with Crippen LogP contribution in [0.1, 0.15) is 27.2 Å². The van der Waals surface area contributed by atoms with Crippen LogP contribution in [0.5, 0.6) is 5.75 Å². The lowest BCUT2D eigenvalue weighted by molar-refractivity contribution is -0.117. The molecule has 174 valence electrons. The van der Waals surface area contributed by atoms with Gasteiger partial charge in [-0.15, -0.1) is 0 Å². The number of furan rings is 1. The number of amides is 2. The van der Waals surface area contributed by atoms with Crippen molar-refractivity contribution in [2.75, 3.05) is 4.90 Å². The van der Waals surface area contributed by atoms with Gasteiger partial charge in [-0.1, -0.05) is 42.5 Å². The Balaban J connectivity index is 1.36. The minimum Gasteiger partial charge on any atom is -0.467 e. The molecule has 1 aromatic heterocycles. The lowest BCUT2D eigenvalue weighted by atomic mass is 10.1. The van der Waals surface area contributed by atoms with Crippen LogP contribution in [0.15, 0.2) is 101 Å². The average molecular weight is 468 g/mol. The van der Waals surface area contributed by atoms with Crippen molar-refractivity contribution in [3.05, 3.63) is 125 Å². The van der Waals surface area contributed by atoms with E-state index < -0.39 is 0 Å². The number of nitrogens with zero attached hydrogens (tertiary/aromatic N) is 1. The van der Waals surface area contributed by atoms with Crippen molar-refractivity contribution in [3.63, 3.8) is 0 Å². The van der Waals surface area contributed by atoms with Crippen LogP contribution >= 0.6 is 0 Å². The van der Waals surface area contributed by atoms with E-state index >= 15 is 0 Å². The fraction of sp³-hybridized carbons (Fsp3) is 0.0714. The Morgan fingerprint density at radius 3 is 2.49 bits per heavy atom. The van der Waals surface area contributed by atoms with Crippen LogP contribution in [0.4, 0.5) is 10.1 Å². The summed E-state index contributed by atoms with van der Waals surface area (Å²) in [7, 11) is 0. The zero-order chi connectivity index (χ0) is 24.2. The Kier molecular flexibility index (Phi) is 6.13. The normalized spacial score (nSPS) is 13.9. The number of anilines is 1. The molecule has 2 amide bonds. The number of benzene rings is 3. The summed E-state index contributed by atoms with van der Waals surface area (Å²) >= 11 is 0. The fourth-order valence-corrected chi connectivity index (χ4v) is 3.78. The van der Waals surface area contributed by atoms with E-state index in [-0.39, 0.29) is 36.5 Å². The van der Waals surface area contributed by atoms with Gasteiger partial charge in [0.2, 0.25) is 0 Å². The van der Waals surface area contributed by atoms with Crippen LogP contribution in [0.2, 0.25) is 0 Å². The molecule has 1 N–H and O–H groups in total. The van der Waals surface area contributed by atoms with Crippen LogP contribution in [-0.4, -0.2) is 11.8 Å². The Bertz CT molecular complexity index is 1390. The van der Waals surface area contributed by atoms with E-state index in [1.54, 1.807) is 85.1 Å². The number of carbonyl (C=O) groups excluding carboxylic acids is 2. The lowest BCUT2D eigenvalue weighted by Crippen LogP contribution is -2.37.